The Labute approximate surface area is 231 Å². The number of hydrogen-bond acceptors (Lipinski definition) is 8. The number of ether oxygens (including phenoxy) is 1. The van der Waals surface area contributed by atoms with Crippen molar-refractivity contribution in [3.05, 3.63) is 106 Å². The second-order valence-electron chi connectivity index (χ2n) is 9.75. The van der Waals surface area contributed by atoms with Gasteiger partial charge in [0.1, 0.15) is 5.75 Å². The summed E-state index contributed by atoms with van der Waals surface area (Å²) in [5.74, 6) is -0.507. The summed E-state index contributed by atoms with van der Waals surface area (Å²) in [4.78, 5) is 26.2. The van der Waals surface area contributed by atoms with E-state index in [1.54, 1.807) is 22.9 Å². The quantitative estimate of drug-likeness (QED) is 0.223. The Morgan fingerprint density at radius 1 is 0.925 bits per heavy atom. The predicted octanol–water partition coefficient (Wildman–Crippen LogP) is 3.68. The summed E-state index contributed by atoms with van der Waals surface area (Å²) in [6, 6.07) is 22.2. The number of carbonyl (C=O) groups is 1. The molecule has 11 heteroatoms. The van der Waals surface area contributed by atoms with Crippen molar-refractivity contribution < 1.29 is 19.6 Å². The normalized spacial score (nSPS) is 14.2. The van der Waals surface area contributed by atoms with Crippen LogP contribution in [0.4, 0.5) is 5.69 Å². The van der Waals surface area contributed by atoms with Crippen molar-refractivity contribution in [2.75, 3.05) is 32.8 Å². The van der Waals surface area contributed by atoms with Crippen LogP contribution >= 0.6 is 0 Å². The van der Waals surface area contributed by atoms with Crippen molar-refractivity contribution in [2.45, 2.75) is 19.6 Å². The van der Waals surface area contributed by atoms with Crippen molar-refractivity contribution in [2.24, 2.45) is 0 Å². The SMILES string of the molecule is O=C(O)COc1cccc(Cn2cc(CN3CCN(Cc4ccccc4-c4ccc([N+](=O)[O-])cc4)CC3)nn2)c1. The molecule has 40 heavy (non-hydrogen) atoms. The molecule has 1 saturated heterocycles. The number of carboxylic acid groups (broad SMARTS) is 1. The predicted molar refractivity (Wildman–Crippen MR) is 148 cm³/mol. The minimum Gasteiger partial charge on any atom is -0.482 e. The van der Waals surface area contributed by atoms with Crippen molar-refractivity contribution in [3.63, 3.8) is 0 Å². The van der Waals surface area contributed by atoms with Gasteiger partial charge in [0.2, 0.25) is 0 Å². The lowest BCUT2D eigenvalue weighted by Crippen LogP contribution is -2.45. The van der Waals surface area contributed by atoms with Crippen LogP contribution in [0.25, 0.3) is 11.1 Å². The van der Waals surface area contributed by atoms with E-state index in [1.807, 2.05) is 48.7 Å². The van der Waals surface area contributed by atoms with Crippen LogP contribution in [0.15, 0.2) is 79.0 Å². The van der Waals surface area contributed by atoms with Gasteiger partial charge in [-0.05, 0) is 46.5 Å². The summed E-state index contributed by atoms with van der Waals surface area (Å²) >= 11 is 0. The molecule has 5 rings (SSSR count). The Balaban J connectivity index is 1.13. The number of nitro benzene ring substituents is 1. The summed E-state index contributed by atoms with van der Waals surface area (Å²) in [6.07, 6.45) is 1.94. The minimum atomic E-state index is -1.01. The van der Waals surface area contributed by atoms with Gasteiger partial charge in [0.05, 0.1) is 23.4 Å². The zero-order valence-electron chi connectivity index (χ0n) is 21.9. The number of benzene rings is 3. The summed E-state index contributed by atoms with van der Waals surface area (Å²) in [5.41, 5.74) is 5.20. The molecule has 0 unspecified atom stereocenters. The lowest BCUT2D eigenvalue weighted by molar-refractivity contribution is -0.384. The molecule has 1 aliphatic heterocycles. The van der Waals surface area contributed by atoms with Crippen molar-refractivity contribution in [1.29, 1.82) is 0 Å². The van der Waals surface area contributed by atoms with Crippen LogP contribution in [0.3, 0.4) is 0 Å². The van der Waals surface area contributed by atoms with E-state index in [1.165, 1.54) is 5.56 Å². The van der Waals surface area contributed by atoms with E-state index in [4.69, 9.17) is 9.84 Å². The third kappa shape index (κ3) is 7.07. The maximum atomic E-state index is 11.0. The average Bonchev–Trinajstić information content (AvgIpc) is 3.40. The second-order valence-corrected chi connectivity index (χ2v) is 9.75. The summed E-state index contributed by atoms with van der Waals surface area (Å²) in [6.45, 7) is 5.33. The lowest BCUT2D eigenvalue weighted by atomic mass is 9.99. The number of carboxylic acids is 1. The van der Waals surface area contributed by atoms with Gasteiger partial charge in [-0.3, -0.25) is 19.9 Å². The first-order chi connectivity index (χ1) is 19.4. The van der Waals surface area contributed by atoms with Crippen LogP contribution in [0.5, 0.6) is 5.75 Å². The monoisotopic (exact) mass is 542 g/mol. The third-order valence-electron chi connectivity index (χ3n) is 6.84. The first-order valence-electron chi connectivity index (χ1n) is 13.0. The Kier molecular flexibility index (Phi) is 8.43. The van der Waals surface area contributed by atoms with E-state index < -0.39 is 5.97 Å². The Morgan fingerprint density at radius 3 is 2.38 bits per heavy atom. The molecule has 0 bridgehead atoms. The highest BCUT2D eigenvalue weighted by Gasteiger charge is 2.19. The Morgan fingerprint density at radius 2 is 1.65 bits per heavy atom. The highest BCUT2D eigenvalue weighted by Crippen LogP contribution is 2.27. The summed E-state index contributed by atoms with van der Waals surface area (Å²) < 4.78 is 7.04. The molecule has 0 amide bonds. The summed E-state index contributed by atoms with van der Waals surface area (Å²) in [5, 5.41) is 28.4. The van der Waals surface area contributed by atoms with Gasteiger partial charge in [0.25, 0.3) is 5.69 Å². The van der Waals surface area contributed by atoms with Crippen LogP contribution in [0.2, 0.25) is 0 Å². The molecule has 1 fully saturated rings. The second kappa shape index (κ2) is 12.5. The number of nitrogens with zero attached hydrogens (tertiary/aromatic N) is 6. The molecule has 1 aromatic heterocycles. The van der Waals surface area contributed by atoms with Gasteiger partial charge in [-0.25, -0.2) is 9.48 Å². The first-order valence-corrected chi connectivity index (χ1v) is 13.0. The van der Waals surface area contributed by atoms with E-state index in [0.717, 1.165) is 61.7 Å². The molecule has 0 spiro atoms. The fraction of sp³-hybridized carbons (Fsp3) is 0.276. The number of hydrogen-bond donors (Lipinski definition) is 1. The van der Waals surface area contributed by atoms with Crippen molar-refractivity contribution in [3.8, 4) is 16.9 Å². The number of non-ortho nitro benzene ring substituents is 1. The van der Waals surface area contributed by atoms with Crippen LogP contribution < -0.4 is 4.74 Å². The van der Waals surface area contributed by atoms with E-state index in [9.17, 15) is 14.9 Å². The number of aromatic nitrogens is 3. The molecule has 3 aromatic carbocycles. The van der Waals surface area contributed by atoms with Crippen LogP contribution in [-0.2, 0) is 24.4 Å². The zero-order chi connectivity index (χ0) is 27.9. The van der Waals surface area contributed by atoms with Gasteiger partial charge in [-0.1, -0.05) is 41.6 Å². The molecule has 206 valence electrons. The van der Waals surface area contributed by atoms with Crippen LogP contribution in [-0.4, -0.2) is 73.6 Å². The molecule has 1 aliphatic rings. The van der Waals surface area contributed by atoms with Crippen LogP contribution in [0, 0.1) is 10.1 Å². The molecule has 4 aromatic rings. The van der Waals surface area contributed by atoms with Crippen molar-refractivity contribution in [1.82, 2.24) is 24.8 Å². The van der Waals surface area contributed by atoms with Crippen molar-refractivity contribution >= 4 is 11.7 Å². The fourth-order valence-corrected chi connectivity index (χ4v) is 4.83. The molecular weight excluding hydrogens is 512 g/mol. The van der Waals surface area contributed by atoms with Gasteiger partial charge in [-0.2, -0.15) is 0 Å². The lowest BCUT2D eigenvalue weighted by Gasteiger charge is -2.34. The number of nitro groups is 1. The Hall–Kier alpha value is -4.61. The molecule has 0 aliphatic carbocycles. The molecule has 0 saturated carbocycles. The van der Waals surface area contributed by atoms with Gasteiger partial charge in [0, 0.05) is 51.4 Å². The highest BCUT2D eigenvalue weighted by atomic mass is 16.6. The maximum Gasteiger partial charge on any atom is 0.341 e. The first kappa shape index (κ1) is 27.0. The van der Waals surface area contributed by atoms with E-state index >= 15 is 0 Å². The number of rotatable bonds is 11. The van der Waals surface area contributed by atoms with Gasteiger partial charge in [0.15, 0.2) is 6.61 Å². The van der Waals surface area contributed by atoms with E-state index in [2.05, 4.69) is 32.2 Å². The Bertz CT molecular complexity index is 1460. The fourth-order valence-electron chi connectivity index (χ4n) is 4.83. The van der Waals surface area contributed by atoms with E-state index in [0.29, 0.717) is 12.3 Å². The number of aliphatic carboxylic acids is 1. The standard InChI is InChI=1S/C29H30N6O5/c36-29(37)21-40-27-6-3-4-22(16-27)17-34-20-25(30-31-34)19-33-14-12-32(13-15-33)18-24-5-1-2-7-28(24)23-8-10-26(11-9-23)35(38)39/h1-11,16,20H,12-15,17-19,21H2,(H,36,37). The number of piperazine rings is 1. The average molecular weight is 543 g/mol. The van der Waals surface area contributed by atoms with E-state index in [-0.39, 0.29) is 17.2 Å². The molecule has 11 nitrogen and oxygen atoms in total. The topological polar surface area (TPSA) is 127 Å². The van der Waals surface area contributed by atoms with Crippen LogP contribution in [0.1, 0.15) is 16.8 Å². The zero-order valence-corrected chi connectivity index (χ0v) is 21.9. The molecule has 0 radical (unpaired) electrons. The smallest absolute Gasteiger partial charge is 0.341 e. The van der Waals surface area contributed by atoms with Gasteiger partial charge >= 0.3 is 5.97 Å². The molecule has 1 N–H and O–H groups in total. The van der Waals surface area contributed by atoms with Gasteiger partial charge in [-0.15, -0.1) is 5.10 Å². The molecule has 2 heterocycles. The minimum absolute atomic E-state index is 0.0918. The van der Waals surface area contributed by atoms with Gasteiger partial charge < -0.3 is 9.84 Å². The summed E-state index contributed by atoms with van der Waals surface area (Å²) in [7, 11) is 0. The molecular formula is C29H30N6O5. The highest BCUT2D eigenvalue weighted by molar-refractivity contribution is 5.69. The third-order valence-corrected chi connectivity index (χ3v) is 6.84. The maximum absolute atomic E-state index is 11.0. The largest absolute Gasteiger partial charge is 0.482 e. The molecule has 0 atom stereocenters.